The molecule has 3 rings (SSSR count). The first kappa shape index (κ1) is 13.2. The molecule has 20 heavy (non-hydrogen) atoms. The zero-order valence-electron chi connectivity index (χ0n) is 11.3. The van der Waals surface area contributed by atoms with Crippen LogP contribution in [0.5, 0.6) is 11.5 Å². The molecular formula is C15H17FO4. The molecule has 0 aromatic heterocycles. The number of rotatable bonds is 3. The van der Waals surface area contributed by atoms with E-state index in [1.165, 1.54) is 6.92 Å². The number of carboxylic acids is 1. The van der Waals surface area contributed by atoms with Crippen molar-refractivity contribution in [2.24, 2.45) is 0 Å². The highest BCUT2D eigenvalue weighted by atomic mass is 19.1. The number of alkyl halides is 1. The molecule has 0 spiro atoms. The average Bonchev–Trinajstić information content (AvgIpc) is 3.21. The Labute approximate surface area is 116 Å². The van der Waals surface area contributed by atoms with Gasteiger partial charge in [0.05, 0.1) is 18.6 Å². The van der Waals surface area contributed by atoms with E-state index < -0.39 is 17.6 Å². The summed E-state index contributed by atoms with van der Waals surface area (Å²) in [5.74, 6) is 0.134. The highest BCUT2D eigenvalue weighted by molar-refractivity contribution is 5.86. The Morgan fingerprint density at radius 2 is 1.90 bits per heavy atom. The van der Waals surface area contributed by atoms with Crippen LogP contribution in [0, 0.1) is 0 Å². The molecule has 1 heterocycles. The number of benzene rings is 1. The molecule has 108 valence electrons. The van der Waals surface area contributed by atoms with Gasteiger partial charge in [-0.1, -0.05) is 0 Å². The van der Waals surface area contributed by atoms with Crippen LogP contribution in [0.15, 0.2) is 12.1 Å². The van der Waals surface area contributed by atoms with E-state index in [1.54, 1.807) is 12.1 Å². The van der Waals surface area contributed by atoms with Crippen LogP contribution in [0.3, 0.4) is 0 Å². The Kier molecular flexibility index (Phi) is 3.07. The first-order valence-corrected chi connectivity index (χ1v) is 6.86. The average molecular weight is 280 g/mol. The van der Waals surface area contributed by atoms with Gasteiger partial charge in [0.25, 0.3) is 0 Å². The van der Waals surface area contributed by atoms with E-state index in [9.17, 15) is 14.3 Å². The van der Waals surface area contributed by atoms with Crippen LogP contribution < -0.4 is 9.47 Å². The molecule has 0 bridgehead atoms. The molecule has 1 atom stereocenters. The van der Waals surface area contributed by atoms with Gasteiger partial charge in [0, 0.05) is 6.42 Å². The highest BCUT2D eigenvalue weighted by Crippen LogP contribution is 2.53. The van der Waals surface area contributed by atoms with Crippen molar-refractivity contribution in [1.29, 1.82) is 0 Å². The fourth-order valence-corrected chi connectivity index (χ4v) is 2.69. The van der Waals surface area contributed by atoms with Crippen molar-refractivity contribution < 1.29 is 23.8 Å². The molecule has 1 aliphatic carbocycles. The van der Waals surface area contributed by atoms with Crippen LogP contribution in [0.1, 0.15) is 43.5 Å². The van der Waals surface area contributed by atoms with Crippen molar-refractivity contribution >= 4 is 5.97 Å². The number of halogens is 1. The second-order valence-corrected chi connectivity index (χ2v) is 5.44. The first-order valence-electron chi connectivity index (χ1n) is 6.86. The smallest absolute Gasteiger partial charge is 0.314 e. The number of aliphatic carboxylic acids is 1. The van der Waals surface area contributed by atoms with E-state index in [-0.39, 0.29) is 0 Å². The Balaban J connectivity index is 2.13. The van der Waals surface area contributed by atoms with Gasteiger partial charge in [-0.15, -0.1) is 0 Å². The minimum Gasteiger partial charge on any atom is -0.490 e. The van der Waals surface area contributed by atoms with Gasteiger partial charge in [0.1, 0.15) is 6.17 Å². The van der Waals surface area contributed by atoms with Crippen LogP contribution in [0.4, 0.5) is 4.39 Å². The standard InChI is InChI=1S/C15H17FO4/c1-9(16)10-7-12-13(20-6-2-5-19-12)8-11(10)15(3-4-15)14(17)18/h7-9H,2-6H2,1H3,(H,17,18). The van der Waals surface area contributed by atoms with Crippen molar-refractivity contribution in [3.8, 4) is 11.5 Å². The molecule has 1 saturated carbocycles. The Morgan fingerprint density at radius 3 is 2.40 bits per heavy atom. The van der Waals surface area contributed by atoms with Crippen LogP contribution in [0.2, 0.25) is 0 Å². The van der Waals surface area contributed by atoms with Gasteiger partial charge in [-0.2, -0.15) is 0 Å². The highest BCUT2D eigenvalue weighted by Gasteiger charge is 2.53. The SMILES string of the molecule is CC(F)c1cc2c(cc1C1(C(=O)O)CC1)OCCCO2. The van der Waals surface area contributed by atoms with Crippen molar-refractivity contribution in [3.05, 3.63) is 23.3 Å². The maximum Gasteiger partial charge on any atom is 0.314 e. The predicted octanol–water partition coefficient (Wildman–Crippen LogP) is 2.99. The van der Waals surface area contributed by atoms with Crippen LogP contribution in [0.25, 0.3) is 0 Å². The normalized spacial score (nSPS) is 20.9. The largest absolute Gasteiger partial charge is 0.490 e. The number of hydrogen-bond acceptors (Lipinski definition) is 3. The zero-order valence-corrected chi connectivity index (χ0v) is 11.3. The summed E-state index contributed by atoms with van der Waals surface area (Å²) in [4.78, 5) is 11.5. The number of hydrogen-bond donors (Lipinski definition) is 1. The fourth-order valence-electron chi connectivity index (χ4n) is 2.69. The predicted molar refractivity (Wildman–Crippen MR) is 70.1 cm³/mol. The lowest BCUT2D eigenvalue weighted by molar-refractivity contribution is -0.140. The zero-order chi connectivity index (χ0) is 14.3. The molecule has 1 unspecified atom stereocenters. The number of ether oxygens (including phenoxy) is 2. The fraction of sp³-hybridized carbons (Fsp3) is 0.533. The number of fused-ring (bicyclic) bond motifs is 1. The van der Waals surface area contributed by atoms with Crippen molar-refractivity contribution in [3.63, 3.8) is 0 Å². The summed E-state index contributed by atoms with van der Waals surface area (Å²) in [5.41, 5.74) is -0.0150. The monoisotopic (exact) mass is 280 g/mol. The van der Waals surface area contributed by atoms with Gasteiger partial charge in [-0.25, -0.2) is 4.39 Å². The maximum absolute atomic E-state index is 13.9. The summed E-state index contributed by atoms with van der Waals surface area (Å²) in [6.45, 7) is 2.47. The molecule has 1 N–H and O–H groups in total. The summed E-state index contributed by atoms with van der Waals surface area (Å²) in [7, 11) is 0. The van der Waals surface area contributed by atoms with Crippen molar-refractivity contribution in [2.45, 2.75) is 37.8 Å². The molecule has 0 radical (unpaired) electrons. The maximum atomic E-state index is 13.9. The lowest BCUT2D eigenvalue weighted by Crippen LogP contribution is -2.21. The Morgan fingerprint density at radius 1 is 1.30 bits per heavy atom. The first-order chi connectivity index (χ1) is 9.54. The Hall–Kier alpha value is -1.78. The third-order valence-electron chi connectivity index (χ3n) is 4.02. The van der Waals surface area contributed by atoms with E-state index >= 15 is 0 Å². The third-order valence-corrected chi connectivity index (χ3v) is 4.02. The second-order valence-electron chi connectivity index (χ2n) is 5.44. The minimum absolute atomic E-state index is 0.397. The second kappa shape index (κ2) is 4.65. The van der Waals surface area contributed by atoms with E-state index in [1.807, 2.05) is 0 Å². The molecule has 5 heteroatoms. The molecule has 1 fully saturated rings. The van der Waals surface area contributed by atoms with Gasteiger partial charge >= 0.3 is 5.97 Å². The quantitative estimate of drug-likeness (QED) is 0.924. The molecular weight excluding hydrogens is 263 g/mol. The lowest BCUT2D eigenvalue weighted by atomic mass is 9.89. The van der Waals surface area contributed by atoms with Gasteiger partial charge in [0.2, 0.25) is 0 Å². The summed E-state index contributed by atoms with van der Waals surface area (Å²) in [5, 5.41) is 9.43. The minimum atomic E-state index is -1.24. The summed E-state index contributed by atoms with van der Waals surface area (Å²) < 4.78 is 25.0. The third kappa shape index (κ3) is 2.01. The number of carbonyl (C=O) groups is 1. The molecule has 1 aromatic carbocycles. The van der Waals surface area contributed by atoms with Gasteiger partial charge < -0.3 is 14.6 Å². The lowest BCUT2D eigenvalue weighted by Gasteiger charge is -2.19. The summed E-state index contributed by atoms with van der Waals surface area (Å²) in [6, 6.07) is 3.26. The van der Waals surface area contributed by atoms with E-state index in [2.05, 4.69) is 0 Å². The van der Waals surface area contributed by atoms with E-state index in [0.717, 1.165) is 6.42 Å². The van der Waals surface area contributed by atoms with Gasteiger partial charge in [-0.3, -0.25) is 4.79 Å². The molecule has 1 aliphatic heterocycles. The van der Waals surface area contributed by atoms with Crippen molar-refractivity contribution in [2.75, 3.05) is 13.2 Å². The summed E-state index contributed by atoms with van der Waals surface area (Å²) >= 11 is 0. The van der Waals surface area contributed by atoms with E-state index in [4.69, 9.17) is 9.47 Å². The van der Waals surface area contributed by atoms with Gasteiger partial charge in [0.15, 0.2) is 11.5 Å². The van der Waals surface area contributed by atoms with Crippen molar-refractivity contribution in [1.82, 2.24) is 0 Å². The van der Waals surface area contributed by atoms with Crippen LogP contribution in [-0.4, -0.2) is 24.3 Å². The molecule has 4 nitrogen and oxygen atoms in total. The van der Waals surface area contributed by atoms with Gasteiger partial charge in [-0.05, 0) is 43.0 Å². The van der Waals surface area contributed by atoms with E-state index in [0.29, 0.717) is 48.7 Å². The number of carboxylic acid groups (broad SMARTS) is 1. The van der Waals surface area contributed by atoms with Crippen LogP contribution in [-0.2, 0) is 10.2 Å². The topological polar surface area (TPSA) is 55.8 Å². The molecule has 0 saturated heterocycles. The Bertz CT molecular complexity index is 549. The molecule has 0 amide bonds. The molecule has 1 aromatic rings. The van der Waals surface area contributed by atoms with Crippen LogP contribution >= 0.6 is 0 Å². The summed E-state index contributed by atoms with van der Waals surface area (Å²) in [6.07, 6.45) is 0.608. The molecule has 2 aliphatic rings.